The molecular weight excluding hydrogens is 365 g/mol. The van der Waals surface area contributed by atoms with Gasteiger partial charge < -0.3 is 19.2 Å². The van der Waals surface area contributed by atoms with Gasteiger partial charge in [-0.25, -0.2) is 0 Å². The average Bonchev–Trinajstić information content (AvgIpc) is 3.37. The molecule has 2 aromatic carbocycles. The molecule has 1 heterocycles. The Bertz CT molecular complexity index is 989. The molecular formula is C22H26BN3O3. The van der Waals surface area contributed by atoms with Gasteiger partial charge in [-0.05, 0) is 55.5 Å². The minimum atomic E-state index is 0.400. The fraction of sp³-hybridized carbons (Fsp3) is 0.364. The zero-order chi connectivity index (χ0) is 20.2. The highest BCUT2D eigenvalue weighted by atomic mass is 16.5. The van der Waals surface area contributed by atoms with Crippen LogP contribution in [-0.2, 0) is 12.8 Å². The summed E-state index contributed by atoms with van der Waals surface area (Å²) in [5, 5.41) is 7.63. The summed E-state index contributed by atoms with van der Waals surface area (Å²) in [6.07, 6.45) is 2.67. The molecule has 1 aliphatic carbocycles. The Morgan fingerprint density at radius 2 is 1.97 bits per heavy atom. The van der Waals surface area contributed by atoms with Gasteiger partial charge in [0.25, 0.3) is 0 Å². The summed E-state index contributed by atoms with van der Waals surface area (Å²) >= 11 is 0. The second-order valence-corrected chi connectivity index (χ2v) is 7.09. The Kier molecular flexibility index (Phi) is 5.85. The van der Waals surface area contributed by atoms with Gasteiger partial charge in [-0.1, -0.05) is 29.4 Å². The molecule has 0 fully saturated rings. The Hall–Kier alpha value is -2.80. The molecule has 0 unspecified atom stereocenters. The number of nitrogens with zero attached hydrogens (tertiary/aromatic N) is 2. The van der Waals surface area contributed by atoms with Crippen molar-refractivity contribution in [3.05, 3.63) is 59.0 Å². The molecule has 0 radical (unpaired) electrons. The van der Waals surface area contributed by atoms with E-state index in [4.69, 9.17) is 14.0 Å². The van der Waals surface area contributed by atoms with E-state index in [9.17, 15) is 0 Å². The first kappa shape index (κ1) is 19.5. The maximum atomic E-state index is 5.72. The molecule has 0 amide bonds. The molecule has 29 heavy (non-hydrogen) atoms. The van der Waals surface area contributed by atoms with Gasteiger partial charge in [0.05, 0.1) is 19.6 Å². The van der Waals surface area contributed by atoms with E-state index in [1.807, 2.05) is 40.0 Å². The lowest BCUT2D eigenvalue weighted by Crippen LogP contribution is -2.14. The van der Waals surface area contributed by atoms with Crippen LogP contribution in [0.2, 0.25) is 0 Å². The first-order valence-corrected chi connectivity index (χ1v) is 10.2. The lowest BCUT2D eigenvalue weighted by atomic mass is 10.0. The quantitative estimate of drug-likeness (QED) is 0.595. The van der Waals surface area contributed by atoms with Crippen LogP contribution in [0.4, 0.5) is 0 Å². The predicted molar refractivity (Wildman–Crippen MR) is 114 cm³/mol. The van der Waals surface area contributed by atoms with Crippen LogP contribution in [0.25, 0.3) is 11.4 Å². The number of rotatable bonds is 8. The van der Waals surface area contributed by atoms with Crippen LogP contribution in [0.3, 0.4) is 0 Å². The van der Waals surface area contributed by atoms with E-state index >= 15 is 0 Å². The van der Waals surface area contributed by atoms with Gasteiger partial charge in [-0.2, -0.15) is 4.98 Å². The summed E-state index contributed by atoms with van der Waals surface area (Å²) in [6, 6.07) is 12.7. The summed E-state index contributed by atoms with van der Waals surface area (Å²) < 4.78 is 16.9. The molecule has 7 heteroatoms. The van der Waals surface area contributed by atoms with E-state index < -0.39 is 0 Å². The fourth-order valence-electron chi connectivity index (χ4n) is 3.98. The SMILES string of the molecule is BN[C@@H]1CCc2c(-c3noc(Cc4ccc(OCC)c(OCC)c4)n3)cccc21. The minimum absolute atomic E-state index is 0.400. The summed E-state index contributed by atoms with van der Waals surface area (Å²) in [5.74, 6) is 2.74. The summed E-state index contributed by atoms with van der Waals surface area (Å²) in [6.45, 7) is 5.11. The zero-order valence-electron chi connectivity index (χ0n) is 17.2. The Labute approximate surface area is 172 Å². The number of ether oxygens (including phenoxy) is 2. The largest absolute Gasteiger partial charge is 0.490 e. The van der Waals surface area contributed by atoms with Crippen molar-refractivity contribution >= 4 is 7.98 Å². The van der Waals surface area contributed by atoms with Crippen LogP contribution >= 0.6 is 0 Å². The number of nitrogens with one attached hydrogen (secondary N) is 1. The second-order valence-electron chi connectivity index (χ2n) is 7.09. The van der Waals surface area contributed by atoms with Crippen molar-refractivity contribution in [2.45, 2.75) is 39.2 Å². The van der Waals surface area contributed by atoms with Crippen LogP contribution in [0.5, 0.6) is 11.5 Å². The molecule has 0 spiro atoms. The van der Waals surface area contributed by atoms with Crippen LogP contribution in [-0.4, -0.2) is 31.3 Å². The average molecular weight is 391 g/mol. The highest BCUT2D eigenvalue weighted by molar-refractivity contribution is 6.04. The Morgan fingerprint density at radius 1 is 1.14 bits per heavy atom. The van der Waals surface area contributed by atoms with Crippen molar-refractivity contribution in [2.24, 2.45) is 0 Å². The third-order valence-corrected chi connectivity index (χ3v) is 5.29. The van der Waals surface area contributed by atoms with Gasteiger partial charge in [-0.3, -0.25) is 0 Å². The first-order chi connectivity index (χ1) is 14.2. The molecule has 3 aromatic rings. The molecule has 0 saturated heterocycles. The Balaban J connectivity index is 1.57. The van der Waals surface area contributed by atoms with Crippen LogP contribution in [0.1, 0.15) is 48.9 Å². The van der Waals surface area contributed by atoms with Crippen LogP contribution < -0.4 is 14.7 Å². The van der Waals surface area contributed by atoms with E-state index in [0.717, 1.165) is 35.5 Å². The monoisotopic (exact) mass is 391 g/mol. The van der Waals surface area contributed by atoms with E-state index in [1.165, 1.54) is 11.1 Å². The molecule has 0 aliphatic heterocycles. The van der Waals surface area contributed by atoms with Gasteiger partial charge in [0.2, 0.25) is 11.7 Å². The number of fused-ring (bicyclic) bond motifs is 1. The van der Waals surface area contributed by atoms with Crippen molar-refractivity contribution in [3.63, 3.8) is 0 Å². The molecule has 1 atom stereocenters. The zero-order valence-corrected chi connectivity index (χ0v) is 17.2. The van der Waals surface area contributed by atoms with Crippen molar-refractivity contribution in [1.82, 2.24) is 15.4 Å². The summed E-state index contributed by atoms with van der Waals surface area (Å²) in [5.41, 5.74) is 4.76. The van der Waals surface area contributed by atoms with Gasteiger partial charge in [0, 0.05) is 11.6 Å². The standard InChI is InChI=1S/C22H26BN3O3/c1-3-27-19-11-8-14(12-20(19)28-4-2)13-21-24-22(26-29-21)17-7-5-6-16-15(17)9-10-18(16)25-23/h5-8,11-12,18,25H,3-4,9-10,13,23H2,1-2H3/t18-/m1/s1. The van der Waals surface area contributed by atoms with Crippen LogP contribution in [0, 0.1) is 0 Å². The van der Waals surface area contributed by atoms with Crippen LogP contribution in [0.15, 0.2) is 40.9 Å². The third kappa shape index (κ3) is 4.01. The van der Waals surface area contributed by atoms with Gasteiger partial charge >= 0.3 is 0 Å². The van der Waals surface area contributed by atoms with Crippen molar-refractivity contribution in [2.75, 3.05) is 13.2 Å². The van der Waals surface area contributed by atoms with Crippen molar-refractivity contribution < 1.29 is 14.0 Å². The molecule has 1 aromatic heterocycles. The topological polar surface area (TPSA) is 69.4 Å². The highest BCUT2D eigenvalue weighted by Crippen LogP contribution is 2.36. The predicted octanol–water partition coefficient (Wildman–Crippen LogP) is 3.25. The normalized spacial score (nSPS) is 15.3. The van der Waals surface area contributed by atoms with E-state index in [1.54, 1.807) is 0 Å². The maximum absolute atomic E-state index is 5.72. The summed E-state index contributed by atoms with van der Waals surface area (Å²) in [7, 11) is 2.01. The first-order valence-electron chi connectivity index (χ1n) is 10.2. The second kappa shape index (κ2) is 8.70. The van der Waals surface area contributed by atoms with E-state index in [2.05, 4.69) is 33.6 Å². The third-order valence-electron chi connectivity index (χ3n) is 5.29. The minimum Gasteiger partial charge on any atom is -0.490 e. The molecule has 0 bridgehead atoms. The smallest absolute Gasteiger partial charge is 0.231 e. The molecule has 4 rings (SSSR count). The lowest BCUT2D eigenvalue weighted by Gasteiger charge is -2.11. The summed E-state index contributed by atoms with van der Waals surface area (Å²) in [4.78, 5) is 4.67. The molecule has 0 saturated carbocycles. The lowest BCUT2D eigenvalue weighted by molar-refractivity contribution is 0.287. The number of hydrogen-bond acceptors (Lipinski definition) is 6. The van der Waals surface area contributed by atoms with Gasteiger partial charge in [0.1, 0.15) is 0 Å². The Morgan fingerprint density at radius 3 is 2.76 bits per heavy atom. The number of aromatic nitrogens is 2. The van der Waals surface area contributed by atoms with Crippen molar-refractivity contribution in [1.29, 1.82) is 0 Å². The number of benzene rings is 2. The molecule has 150 valence electrons. The number of hydrogen-bond donors (Lipinski definition) is 1. The highest BCUT2D eigenvalue weighted by Gasteiger charge is 2.25. The van der Waals surface area contributed by atoms with Crippen molar-refractivity contribution in [3.8, 4) is 22.9 Å². The molecule has 6 nitrogen and oxygen atoms in total. The maximum Gasteiger partial charge on any atom is 0.231 e. The molecule has 1 N–H and O–H groups in total. The fourth-order valence-corrected chi connectivity index (χ4v) is 3.98. The van der Waals surface area contributed by atoms with E-state index in [0.29, 0.717) is 37.4 Å². The van der Waals surface area contributed by atoms with E-state index in [-0.39, 0.29) is 0 Å². The van der Waals surface area contributed by atoms with Gasteiger partial charge in [-0.15, -0.1) is 0 Å². The van der Waals surface area contributed by atoms with Gasteiger partial charge in [0.15, 0.2) is 19.5 Å². The molecule has 1 aliphatic rings.